The highest BCUT2D eigenvalue weighted by Gasteiger charge is 2.45. The molecule has 0 aliphatic carbocycles. The van der Waals surface area contributed by atoms with Crippen molar-refractivity contribution in [1.29, 1.82) is 0 Å². The first kappa shape index (κ1) is 21.7. The van der Waals surface area contributed by atoms with Gasteiger partial charge >= 0.3 is 0 Å². The fourth-order valence-electron chi connectivity index (χ4n) is 3.76. The number of carbonyl (C=O) groups excluding carboxylic acids is 2. The minimum atomic E-state index is -0.762. The lowest BCUT2D eigenvalue weighted by Gasteiger charge is -2.28. The van der Waals surface area contributed by atoms with E-state index in [0.717, 1.165) is 18.7 Å². The van der Waals surface area contributed by atoms with E-state index in [9.17, 15) is 19.1 Å². The zero-order chi connectivity index (χ0) is 21.8. The summed E-state index contributed by atoms with van der Waals surface area (Å²) in [6.07, 6.45) is 0. The Hall–Kier alpha value is -2.99. The highest BCUT2D eigenvalue weighted by molar-refractivity contribution is 6.46. The molecule has 158 valence electrons. The van der Waals surface area contributed by atoms with Crippen LogP contribution < -0.4 is 0 Å². The molecule has 6 heteroatoms. The predicted octanol–water partition coefficient (Wildman–Crippen LogP) is 3.90. The average Bonchev–Trinajstić information content (AvgIpc) is 3.00. The Labute approximate surface area is 176 Å². The van der Waals surface area contributed by atoms with Crippen LogP contribution in [-0.2, 0) is 9.59 Å². The van der Waals surface area contributed by atoms with Crippen LogP contribution >= 0.6 is 0 Å². The normalized spacial score (nSPS) is 18.4. The number of hydrogen-bond donors (Lipinski definition) is 1. The topological polar surface area (TPSA) is 60.9 Å². The number of likely N-dealkylation sites (tertiary alicyclic amines) is 1. The van der Waals surface area contributed by atoms with Crippen molar-refractivity contribution in [3.8, 4) is 0 Å². The van der Waals surface area contributed by atoms with Gasteiger partial charge in [-0.1, -0.05) is 55.8 Å². The van der Waals surface area contributed by atoms with Crippen LogP contribution in [0.4, 0.5) is 4.39 Å². The molecule has 5 nitrogen and oxygen atoms in total. The summed E-state index contributed by atoms with van der Waals surface area (Å²) in [5.74, 6) is -1.99. The zero-order valence-electron chi connectivity index (χ0n) is 17.6. The van der Waals surface area contributed by atoms with Crippen LogP contribution in [-0.4, -0.2) is 52.8 Å². The number of halogens is 1. The van der Waals surface area contributed by atoms with Crippen molar-refractivity contribution in [3.05, 3.63) is 76.6 Å². The number of aliphatic hydroxyl groups excluding tert-OH is 1. The first-order valence-electron chi connectivity index (χ1n) is 10.2. The van der Waals surface area contributed by atoms with Gasteiger partial charge in [-0.3, -0.25) is 9.59 Å². The van der Waals surface area contributed by atoms with Gasteiger partial charge < -0.3 is 14.9 Å². The van der Waals surface area contributed by atoms with Gasteiger partial charge in [-0.25, -0.2) is 4.39 Å². The lowest BCUT2D eigenvalue weighted by Crippen LogP contribution is -2.38. The highest BCUT2D eigenvalue weighted by atomic mass is 19.1. The second-order valence-electron chi connectivity index (χ2n) is 7.44. The maximum atomic E-state index is 13.5. The number of Topliss-reactive ketones (excluding diaryl/α,β-unsaturated/α-hetero) is 1. The van der Waals surface area contributed by atoms with E-state index < -0.39 is 23.5 Å². The number of amides is 1. The van der Waals surface area contributed by atoms with Gasteiger partial charge in [-0.15, -0.1) is 0 Å². The third-order valence-electron chi connectivity index (χ3n) is 5.60. The third-order valence-corrected chi connectivity index (χ3v) is 5.60. The molecule has 3 rings (SSSR count). The Kier molecular flexibility index (Phi) is 6.67. The number of rotatable bonds is 7. The monoisotopic (exact) mass is 410 g/mol. The first-order valence-corrected chi connectivity index (χ1v) is 10.2. The molecule has 2 aromatic rings. The van der Waals surface area contributed by atoms with E-state index in [1.165, 1.54) is 17.0 Å². The molecule has 1 heterocycles. The van der Waals surface area contributed by atoms with Gasteiger partial charge in [-0.2, -0.15) is 0 Å². The second kappa shape index (κ2) is 9.22. The largest absolute Gasteiger partial charge is 0.507 e. The van der Waals surface area contributed by atoms with E-state index in [2.05, 4.69) is 4.90 Å². The molecule has 30 heavy (non-hydrogen) atoms. The molecule has 0 saturated carbocycles. The van der Waals surface area contributed by atoms with Crippen LogP contribution in [0.3, 0.4) is 0 Å². The highest BCUT2D eigenvalue weighted by Crippen LogP contribution is 2.39. The van der Waals surface area contributed by atoms with Gasteiger partial charge in [-0.05, 0) is 37.7 Å². The van der Waals surface area contributed by atoms with Crippen molar-refractivity contribution in [2.24, 2.45) is 0 Å². The Bertz CT molecular complexity index is 947. The van der Waals surface area contributed by atoms with E-state index in [-0.39, 0.29) is 11.3 Å². The number of aliphatic hydroxyl groups is 1. The smallest absolute Gasteiger partial charge is 0.295 e. The molecule has 1 aliphatic heterocycles. The SMILES string of the molecule is CCN(CC)CCN1C(=O)C(=O)C(=C(O)c2ccc(C)cc2)C1c1ccc(F)cc1. The van der Waals surface area contributed by atoms with Crippen LogP contribution in [0.2, 0.25) is 0 Å². The third kappa shape index (κ3) is 4.28. The maximum absolute atomic E-state index is 13.5. The Morgan fingerprint density at radius 3 is 2.20 bits per heavy atom. The number of likely N-dealkylation sites (N-methyl/N-ethyl adjacent to an activating group) is 1. The van der Waals surface area contributed by atoms with E-state index in [4.69, 9.17) is 0 Å². The van der Waals surface area contributed by atoms with Crippen molar-refractivity contribution in [3.63, 3.8) is 0 Å². The number of hydrogen-bond acceptors (Lipinski definition) is 4. The summed E-state index contributed by atoms with van der Waals surface area (Å²) in [7, 11) is 0. The molecule has 1 amide bonds. The molecular weight excluding hydrogens is 383 g/mol. The molecule has 1 N–H and O–H groups in total. The van der Waals surface area contributed by atoms with Gasteiger partial charge in [0.15, 0.2) is 0 Å². The van der Waals surface area contributed by atoms with Gasteiger partial charge in [0.25, 0.3) is 11.7 Å². The molecular formula is C24H27FN2O3. The number of benzene rings is 2. The lowest BCUT2D eigenvalue weighted by molar-refractivity contribution is -0.140. The number of nitrogens with zero attached hydrogens (tertiary/aromatic N) is 2. The minimum absolute atomic E-state index is 0.0370. The number of ketones is 1. The van der Waals surface area contributed by atoms with Crippen molar-refractivity contribution in [2.45, 2.75) is 26.8 Å². The molecule has 1 atom stereocenters. The van der Waals surface area contributed by atoms with Crippen molar-refractivity contribution < 1.29 is 19.1 Å². The van der Waals surface area contributed by atoms with E-state index in [0.29, 0.717) is 24.2 Å². The minimum Gasteiger partial charge on any atom is -0.507 e. The van der Waals surface area contributed by atoms with E-state index in [1.807, 2.05) is 32.9 Å². The van der Waals surface area contributed by atoms with Crippen LogP contribution in [0.25, 0.3) is 5.76 Å². The molecule has 0 radical (unpaired) electrons. The Balaban J connectivity index is 2.08. The molecule has 2 aromatic carbocycles. The summed E-state index contributed by atoms with van der Waals surface area (Å²) in [6.45, 7) is 8.57. The summed E-state index contributed by atoms with van der Waals surface area (Å²) in [5.41, 5.74) is 2.11. The second-order valence-corrected chi connectivity index (χ2v) is 7.44. The number of aryl methyl sites for hydroxylation is 1. The molecule has 1 unspecified atom stereocenters. The molecule has 1 fully saturated rings. The lowest BCUT2D eigenvalue weighted by atomic mass is 9.95. The van der Waals surface area contributed by atoms with Crippen molar-refractivity contribution in [2.75, 3.05) is 26.2 Å². The summed E-state index contributed by atoms with van der Waals surface area (Å²) in [6, 6.07) is 12.0. The summed E-state index contributed by atoms with van der Waals surface area (Å²) >= 11 is 0. The predicted molar refractivity (Wildman–Crippen MR) is 114 cm³/mol. The van der Waals surface area contributed by atoms with Crippen LogP contribution in [0.5, 0.6) is 0 Å². The molecule has 0 bridgehead atoms. The van der Waals surface area contributed by atoms with Gasteiger partial charge in [0.2, 0.25) is 0 Å². The van der Waals surface area contributed by atoms with Crippen molar-refractivity contribution in [1.82, 2.24) is 9.80 Å². The van der Waals surface area contributed by atoms with E-state index >= 15 is 0 Å². The van der Waals surface area contributed by atoms with E-state index in [1.54, 1.807) is 24.3 Å². The molecule has 1 aliphatic rings. The fourth-order valence-corrected chi connectivity index (χ4v) is 3.76. The van der Waals surface area contributed by atoms with Gasteiger partial charge in [0, 0.05) is 18.7 Å². The van der Waals surface area contributed by atoms with Gasteiger partial charge in [0.05, 0.1) is 11.6 Å². The molecule has 1 saturated heterocycles. The molecule has 0 aromatic heterocycles. The maximum Gasteiger partial charge on any atom is 0.295 e. The summed E-state index contributed by atoms with van der Waals surface area (Å²) < 4.78 is 13.5. The van der Waals surface area contributed by atoms with Crippen LogP contribution in [0, 0.1) is 12.7 Å². The van der Waals surface area contributed by atoms with Gasteiger partial charge in [0.1, 0.15) is 11.6 Å². The number of carbonyl (C=O) groups is 2. The first-order chi connectivity index (χ1) is 14.4. The van der Waals surface area contributed by atoms with Crippen molar-refractivity contribution >= 4 is 17.4 Å². The zero-order valence-corrected chi connectivity index (χ0v) is 17.6. The average molecular weight is 410 g/mol. The summed E-state index contributed by atoms with van der Waals surface area (Å²) in [4.78, 5) is 29.5. The van der Waals surface area contributed by atoms with Crippen LogP contribution in [0.15, 0.2) is 54.1 Å². The Morgan fingerprint density at radius 1 is 1.03 bits per heavy atom. The summed E-state index contributed by atoms with van der Waals surface area (Å²) in [5, 5.41) is 11.0. The molecule has 0 spiro atoms. The fraction of sp³-hybridized carbons (Fsp3) is 0.333. The Morgan fingerprint density at radius 2 is 1.63 bits per heavy atom. The quantitative estimate of drug-likeness (QED) is 0.427. The standard InChI is InChI=1S/C24H27FN2O3/c1-4-26(5-2)14-15-27-21(17-10-12-19(25)13-11-17)20(23(29)24(27)30)22(28)18-8-6-16(3)7-9-18/h6-13,21,28H,4-5,14-15H2,1-3H3. The van der Waals surface area contributed by atoms with Crippen LogP contribution in [0.1, 0.15) is 36.6 Å².